The van der Waals surface area contributed by atoms with E-state index in [1.54, 1.807) is 0 Å². The number of hydrogen-bond donors (Lipinski definition) is 1. The number of nitrogens with zero attached hydrogens (tertiary/aromatic N) is 3. The zero-order valence-corrected chi connectivity index (χ0v) is 11.5. The molecule has 3 rings (SSSR count). The first-order valence-corrected chi connectivity index (χ1v) is 7.11. The van der Waals surface area contributed by atoms with Crippen molar-refractivity contribution in [2.45, 2.75) is 25.9 Å². The Morgan fingerprint density at radius 3 is 2.90 bits per heavy atom. The standard InChI is InChI=1S/C15H20N4O/c16-9-15-17-14(18-20-15)11-19-7-6-13(10-19)8-12-4-2-1-3-5-12/h1-5,13H,6-11,16H2. The minimum atomic E-state index is 0.309. The van der Waals surface area contributed by atoms with Gasteiger partial charge in [0.15, 0.2) is 5.82 Å². The highest BCUT2D eigenvalue weighted by molar-refractivity contribution is 5.15. The molecule has 0 radical (unpaired) electrons. The van der Waals surface area contributed by atoms with E-state index in [4.69, 9.17) is 10.3 Å². The second-order valence-electron chi connectivity index (χ2n) is 5.39. The van der Waals surface area contributed by atoms with E-state index >= 15 is 0 Å². The zero-order chi connectivity index (χ0) is 13.8. The summed E-state index contributed by atoms with van der Waals surface area (Å²) >= 11 is 0. The highest BCUT2D eigenvalue weighted by Crippen LogP contribution is 2.21. The van der Waals surface area contributed by atoms with Gasteiger partial charge in [-0.2, -0.15) is 4.98 Å². The van der Waals surface area contributed by atoms with Crippen molar-refractivity contribution in [3.05, 3.63) is 47.6 Å². The van der Waals surface area contributed by atoms with Crippen LogP contribution < -0.4 is 5.73 Å². The van der Waals surface area contributed by atoms with Crippen LogP contribution in [-0.2, 0) is 19.5 Å². The van der Waals surface area contributed by atoms with E-state index in [1.807, 2.05) is 0 Å². The molecule has 0 aliphatic carbocycles. The Labute approximate surface area is 118 Å². The number of nitrogens with two attached hydrogens (primary N) is 1. The molecule has 0 saturated carbocycles. The SMILES string of the molecule is NCc1nc(CN2CCC(Cc3ccccc3)C2)no1. The van der Waals surface area contributed by atoms with E-state index in [9.17, 15) is 0 Å². The molecule has 1 aromatic carbocycles. The molecular formula is C15H20N4O. The summed E-state index contributed by atoms with van der Waals surface area (Å²) in [5.74, 6) is 1.98. The molecule has 1 aliphatic heterocycles. The fourth-order valence-electron chi connectivity index (χ4n) is 2.81. The lowest BCUT2D eigenvalue weighted by Crippen LogP contribution is -2.21. The Balaban J connectivity index is 1.52. The molecule has 20 heavy (non-hydrogen) atoms. The molecule has 2 heterocycles. The molecule has 0 bridgehead atoms. The van der Waals surface area contributed by atoms with Crippen molar-refractivity contribution in [1.29, 1.82) is 0 Å². The van der Waals surface area contributed by atoms with Crippen molar-refractivity contribution in [2.24, 2.45) is 11.7 Å². The molecule has 2 N–H and O–H groups in total. The maximum absolute atomic E-state index is 5.47. The Morgan fingerprint density at radius 2 is 2.15 bits per heavy atom. The van der Waals surface area contributed by atoms with Crippen LogP contribution in [0.15, 0.2) is 34.9 Å². The van der Waals surface area contributed by atoms with Crippen molar-refractivity contribution in [3.8, 4) is 0 Å². The first kappa shape index (κ1) is 13.3. The van der Waals surface area contributed by atoms with Gasteiger partial charge in [-0.25, -0.2) is 0 Å². The third-order valence-corrected chi connectivity index (χ3v) is 3.79. The first-order chi connectivity index (χ1) is 9.83. The lowest BCUT2D eigenvalue weighted by molar-refractivity contribution is 0.298. The van der Waals surface area contributed by atoms with E-state index in [0.29, 0.717) is 12.4 Å². The van der Waals surface area contributed by atoms with Crippen LogP contribution in [0, 0.1) is 5.92 Å². The van der Waals surface area contributed by atoms with Gasteiger partial charge >= 0.3 is 0 Å². The number of aromatic nitrogens is 2. The maximum Gasteiger partial charge on any atom is 0.240 e. The molecule has 106 valence electrons. The lowest BCUT2D eigenvalue weighted by Gasteiger charge is -2.13. The molecule has 1 saturated heterocycles. The van der Waals surface area contributed by atoms with Crippen LogP contribution in [0.25, 0.3) is 0 Å². The van der Waals surface area contributed by atoms with E-state index in [-0.39, 0.29) is 0 Å². The van der Waals surface area contributed by atoms with Gasteiger partial charge in [0.1, 0.15) is 0 Å². The average molecular weight is 272 g/mol. The van der Waals surface area contributed by atoms with Crippen LogP contribution in [0.1, 0.15) is 23.7 Å². The topological polar surface area (TPSA) is 68.2 Å². The smallest absolute Gasteiger partial charge is 0.240 e. The summed E-state index contributed by atoms with van der Waals surface area (Å²) in [5, 5.41) is 3.95. The summed E-state index contributed by atoms with van der Waals surface area (Å²) in [6.07, 6.45) is 2.38. The maximum atomic E-state index is 5.47. The van der Waals surface area contributed by atoms with E-state index < -0.39 is 0 Å². The van der Waals surface area contributed by atoms with Gasteiger partial charge in [-0.05, 0) is 30.9 Å². The highest BCUT2D eigenvalue weighted by Gasteiger charge is 2.23. The molecule has 2 aromatic rings. The van der Waals surface area contributed by atoms with Crippen LogP contribution in [-0.4, -0.2) is 28.1 Å². The Hall–Kier alpha value is -1.72. The van der Waals surface area contributed by atoms with Gasteiger partial charge in [0.05, 0.1) is 13.1 Å². The molecule has 0 spiro atoms. The van der Waals surface area contributed by atoms with Crippen LogP contribution in [0.3, 0.4) is 0 Å². The molecule has 1 unspecified atom stereocenters. The van der Waals surface area contributed by atoms with Crippen LogP contribution >= 0.6 is 0 Å². The molecule has 1 aliphatic rings. The number of likely N-dealkylation sites (tertiary alicyclic amines) is 1. The predicted molar refractivity (Wildman–Crippen MR) is 75.7 cm³/mol. The minimum Gasteiger partial charge on any atom is -0.338 e. The van der Waals surface area contributed by atoms with Crippen molar-refractivity contribution < 1.29 is 4.52 Å². The number of hydrogen-bond acceptors (Lipinski definition) is 5. The largest absolute Gasteiger partial charge is 0.338 e. The van der Waals surface area contributed by atoms with Crippen LogP contribution in [0.5, 0.6) is 0 Å². The molecular weight excluding hydrogens is 252 g/mol. The predicted octanol–water partition coefficient (Wildman–Crippen LogP) is 1.59. The summed E-state index contributed by atoms with van der Waals surface area (Å²) in [6, 6.07) is 10.7. The monoisotopic (exact) mass is 272 g/mol. The molecule has 1 fully saturated rings. The third kappa shape index (κ3) is 3.23. The summed E-state index contributed by atoms with van der Waals surface area (Å²) in [6.45, 7) is 3.27. The van der Waals surface area contributed by atoms with E-state index in [1.165, 1.54) is 12.0 Å². The van der Waals surface area contributed by atoms with E-state index in [0.717, 1.165) is 37.8 Å². The van der Waals surface area contributed by atoms with Crippen LogP contribution in [0.4, 0.5) is 0 Å². The zero-order valence-electron chi connectivity index (χ0n) is 11.5. The Bertz CT molecular complexity index is 540. The molecule has 5 heteroatoms. The molecule has 1 atom stereocenters. The van der Waals surface area contributed by atoms with Crippen molar-refractivity contribution >= 4 is 0 Å². The second kappa shape index (κ2) is 6.15. The van der Waals surface area contributed by atoms with Gasteiger partial charge in [0, 0.05) is 6.54 Å². The summed E-state index contributed by atoms with van der Waals surface area (Å²) < 4.78 is 5.03. The average Bonchev–Trinajstić information content (AvgIpc) is 3.10. The Morgan fingerprint density at radius 1 is 1.30 bits per heavy atom. The fourth-order valence-corrected chi connectivity index (χ4v) is 2.81. The second-order valence-corrected chi connectivity index (χ2v) is 5.39. The van der Waals surface area contributed by atoms with Crippen molar-refractivity contribution in [1.82, 2.24) is 15.0 Å². The van der Waals surface area contributed by atoms with Gasteiger partial charge in [0.25, 0.3) is 0 Å². The van der Waals surface area contributed by atoms with Crippen molar-refractivity contribution in [2.75, 3.05) is 13.1 Å². The molecule has 0 amide bonds. The Kier molecular flexibility index (Phi) is 4.08. The number of rotatable bonds is 5. The normalized spacial score (nSPS) is 19.6. The minimum absolute atomic E-state index is 0.309. The molecule has 1 aromatic heterocycles. The molecule has 5 nitrogen and oxygen atoms in total. The quantitative estimate of drug-likeness (QED) is 0.895. The summed E-state index contributed by atoms with van der Waals surface area (Å²) in [7, 11) is 0. The third-order valence-electron chi connectivity index (χ3n) is 3.79. The first-order valence-electron chi connectivity index (χ1n) is 7.11. The van der Waals surface area contributed by atoms with Crippen molar-refractivity contribution in [3.63, 3.8) is 0 Å². The van der Waals surface area contributed by atoms with Gasteiger partial charge < -0.3 is 10.3 Å². The van der Waals surface area contributed by atoms with Gasteiger partial charge in [-0.3, -0.25) is 4.90 Å². The van der Waals surface area contributed by atoms with Gasteiger partial charge in [0.2, 0.25) is 5.89 Å². The van der Waals surface area contributed by atoms with Gasteiger partial charge in [-0.15, -0.1) is 0 Å². The van der Waals surface area contributed by atoms with E-state index in [2.05, 4.69) is 45.4 Å². The summed E-state index contributed by atoms with van der Waals surface area (Å²) in [5.41, 5.74) is 6.89. The summed E-state index contributed by atoms with van der Waals surface area (Å²) in [4.78, 5) is 6.64. The lowest BCUT2D eigenvalue weighted by atomic mass is 9.99. The number of benzene rings is 1. The highest BCUT2D eigenvalue weighted by atomic mass is 16.5. The van der Waals surface area contributed by atoms with Crippen LogP contribution in [0.2, 0.25) is 0 Å². The van der Waals surface area contributed by atoms with Gasteiger partial charge in [-0.1, -0.05) is 35.5 Å². The fraction of sp³-hybridized carbons (Fsp3) is 0.467.